The third kappa shape index (κ3) is 12.5. The molecular weight excluding hydrogens is 757 g/mol. The van der Waals surface area contributed by atoms with Crippen molar-refractivity contribution < 1.29 is 43.3 Å². The number of ether oxygens (including phenoxy) is 2. The van der Waals surface area contributed by atoms with E-state index in [2.05, 4.69) is 21.3 Å². The predicted octanol–water partition coefficient (Wildman–Crippen LogP) is 2.55. The summed E-state index contributed by atoms with van der Waals surface area (Å²) < 4.78 is 12.6. The molecule has 6 amide bonds. The zero-order valence-electron chi connectivity index (χ0n) is 35.0. The van der Waals surface area contributed by atoms with Crippen molar-refractivity contribution in [2.45, 2.75) is 127 Å². The molecule has 2 aromatic rings. The molecule has 15 heteroatoms. The molecule has 2 aromatic carbocycles. The predicted molar refractivity (Wildman–Crippen MR) is 220 cm³/mol. The molecule has 3 aliphatic rings. The van der Waals surface area contributed by atoms with Gasteiger partial charge in [0.1, 0.15) is 23.9 Å². The summed E-state index contributed by atoms with van der Waals surface area (Å²) in [5.74, 6) is -2.62. The van der Waals surface area contributed by atoms with Crippen LogP contribution in [0.2, 0.25) is 0 Å². The lowest BCUT2D eigenvalue weighted by atomic mass is 9.83. The van der Waals surface area contributed by atoms with E-state index in [1.165, 1.54) is 9.80 Å². The van der Waals surface area contributed by atoms with Crippen molar-refractivity contribution in [2.75, 3.05) is 33.8 Å². The Morgan fingerprint density at radius 1 is 1.00 bits per heavy atom. The molecule has 1 aliphatic carbocycles. The Morgan fingerprint density at radius 3 is 2.42 bits per heavy atom. The molecule has 4 bridgehead atoms. The van der Waals surface area contributed by atoms with Gasteiger partial charge in [0, 0.05) is 33.5 Å². The van der Waals surface area contributed by atoms with Crippen LogP contribution < -0.4 is 26.0 Å². The SMILES string of the molecule is CCCC(NC(=O)[C@@H]1C[C@@H]2CN1C(=O)[C@H](C1CCCCC1)NC(=O)Cc1cccc(c1)OCCC(C)(C)O2)C(O)C(=O)NCC(=O)N[C@H](C(=O)N(C)C)c1ccccc1. The molecule has 0 aromatic heterocycles. The number of aliphatic hydroxyl groups is 1. The fourth-order valence-electron chi connectivity index (χ4n) is 8.24. The molecule has 0 spiro atoms. The van der Waals surface area contributed by atoms with Gasteiger partial charge >= 0.3 is 0 Å². The Kier molecular flexibility index (Phi) is 15.9. The first kappa shape index (κ1) is 45.1. The molecule has 15 nitrogen and oxygen atoms in total. The number of nitrogens with one attached hydrogen (secondary N) is 4. The van der Waals surface area contributed by atoms with Crippen LogP contribution in [0.3, 0.4) is 0 Å². The maximum atomic E-state index is 14.7. The van der Waals surface area contributed by atoms with Crippen molar-refractivity contribution in [3.63, 3.8) is 0 Å². The maximum Gasteiger partial charge on any atom is 0.251 e. The van der Waals surface area contributed by atoms with E-state index in [0.717, 1.165) is 37.7 Å². The number of benzene rings is 2. The quantitative estimate of drug-likeness (QED) is 0.214. The first-order valence-corrected chi connectivity index (χ1v) is 21.0. The summed E-state index contributed by atoms with van der Waals surface area (Å²) in [6.45, 7) is 5.64. The van der Waals surface area contributed by atoms with Crippen LogP contribution in [-0.2, 0) is 39.9 Å². The molecule has 322 valence electrons. The van der Waals surface area contributed by atoms with Crippen LogP contribution in [0.15, 0.2) is 54.6 Å². The van der Waals surface area contributed by atoms with Gasteiger partial charge in [-0.15, -0.1) is 0 Å². The second kappa shape index (κ2) is 20.8. The molecule has 5 rings (SSSR count). The maximum absolute atomic E-state index is 14.7. The first-order chi connectivity index (χ1) is 28.1. The van der Waals surface area contributed by atoms with Crippen molar-refractivity contribution in [1.82, 2.24) is 31.1 Å². The summed E-state index contributed by atoms with van der Waals surface area (Å²) in [6, 6.07) is 12.1. The van der Waals surface area contributed by atoms with Crippen molar-refractivity contribution >= 4 is 35.4 Å². The number of hydrogen-bond donors (Lipinski definition) is 5. The van der Waals surface area contributed by atoms with Crippen LogP contribution in [0.1, 0.15) is 95.7 Å². The van der Waals surface area contributed by atoms with Crippen molar-refractivity contribution in [3.8, 4) is 5.75 Å². The van der Waals surface area contributed by atoms with Gasteiger partial charge in [0.15, 0.2) is 6.10 Å². The number of carbonyl (C=O) groups is 6. The van der Waals surface area contributed by atoms with Gasteiger partial charge in [-0.25, -0.2) is 0 Å². The molecule has 2 aliphatic heterocycles. The number of amides is 6. The van der Waals surface area contributed by atoms with Crippen LogP contribution in [-0.4, -0.2) is 120 Å². The van der Waals surface area contributed by atoms with Gasteiger partial charge in [0.05, 0.1) is 37.3 Å². The Balaban J connectivity index is 1.32. The Morgan fingerprint density at radius 2 is 1.73 bits per heavy atom. The Hall–Kier alpha value is -5.02. The fourth-order valence-corrected chi connectivity index (χ4v) is 8.24. The van der Waals surface area contributed by atoms with Gasteiger partial charge in [-0.2, -0.15) is 0 Å². The molecule has 2 unspecified atom stereocenters. The molecular formula is C44H62N6O9. The number of aliphatic hydroxyl groups excluding tert-OH is 1. The summed E-state index contributed by atoms with van der Waals surface area (Å²) >= 11 is 0. The number of carbonyl (C=O) groups excluding carboxylic acids is 6. The minimum Gasteiger partial charge on any atom is -0.493 e. The number of likely N-dealkylation sites (N-methyl/N-ethyl adjacent to an activating group) is 1. The van der Waals surface area contributed by atoms with Gasteiger partial charge in [0.2, 0.25) is 29.5 Å². The summed E-state index contributed by atoms with van der Waals surface area (Å²) in [5.41, 5.74) is 0.633. The summed E-state index contributed by atoms with van der Waals surface area (Å²) in [6.07, 6.45) is 3.58. The highest BCUT2D eigenvalue weighted by atomic mass is 16.5. The summed E-state index contributed by atoms with van der Waals surface area (Å²) in [5, 5.41) is 22.3. The van der Waals surface area contributed by atoms with Crippen molar-refractivity contribution in [2.24, 2.45) is 5.92 Å². The van der Waals surface area contributed by atoms with Crippen LogP contribution >= 0.6 is 0 Å². The van der Waals surface area contributed by atoms with Crippen LogP contribution in [0.25, 0.3) is 0 Å². The second-order valence-electron chi connectivity index (χ2n) is 16.8. The molecule has 2 fully saturated rings. The lowest BCUT2D eigenvalue weighted by molar-refractivity contribution is -0.144. The topological polar surface area (TPSA) is 196 Å². The normalized spacial score (nSPS) is 22.8. The van der Waals surface area contributed by atoms with Crippen LogP contribution in [0, 0.1) is 5.92 Å². The van der Waals surface area contributed by atoms with Gasteiger partial charge < -0.3 is 45.6 Å². The fraction of sp³-hybridized carbons (Fsp3) is 0.591. The lowest BCUT2D eigenvalue weighted by Gasteiger charge is -2.35. The monoisotopic (exact) mass is 818 g/mol. The van der Waals surface area contributed by atoms with Gasteiger partial charge in [0.25, 0.3) is 5.91 Å². The van der Waals surface area contributed by atoms with Gasteiger partial charge in [-0.05, 0) is 62.3 Å². The van der Waals surface area contributed by atoms with E-state index in [1.807, 2.05) is 45.0 Å². The van der Waals surface area contributed by atoms with E-state index >= 15 is 0 Å². The van der Waals surface area contributed by atoms with E-state index in [-0.39, 0.29) is 49.4 Å². The highest BCUT2D eigenvalue weighted by molar-refractivity contribution is 5.94. The lowest BCUT2D eigenvalue weighted by Crippen LogP contribution is -2.58. The molecule has 6 atom stereocenters. The third-order valence-corrected chi connectivity index (χ3v) is 11.4. The van der Waals surface area contributed by atoms with Crippen LogP contribution in [0.5, 0.6) is 5.75 Å². The number of rotatable bonds is 12. The third-order valence-electron chi connectivity index (χ3n) is 11.4. The second-order valence-corrected chi connectivity index (χ2v) is 16.8. The summed E-state index contributed by atoms with van der Waals surface area (Å²) in [4.78, 5) is 84.7. The van der Waals surface area contributed by atoms with Crippen molar-refractivity contribution in [3.05, 3.63) is 65.7 Å². The van der Waals surface area contributed by atoms with Crippen molar-refractivity contribution in [1.29, 1.82) is 0 Å². The van der Waals surface area contributed by atoms with Gasteiger partial charge in [-0.1, -0.05) is 75.1 Å². The van der Waals surface area contributed by atoms with E-state index < -0.39 is 66.2 Å². The number of hydrogen-bond acceptors (Lipinski definition) is 9. The molecule has 5 N–H and O–H groups in total. The average molecular weight is 819 g/mol. The standard InChI is InChI=1S/C44H62N6O9/c1-6-14-33(39(53)41(55)45-26-36(52)48-37(42(56)49(4)5)29-16-9-7-10-17-29)46-40(54)34-25-32-27-50(34)43(57)38(30-18-11-8-12-19-30)47-35(51)24-28-15-13-20-31(23-28)58-22-21-44(2,3)59-32/h7,9-10,13,15-17,20,23,30,32-34,37-39,53H,6,8,11-12,14,18-19,21-22,24-27H2,1-5H3,(H,45,55)(H,46,54)(H,47,51)(H,48,52)/t32-,33?,34+,37+,38+,39?/m1/s1. The Bertz CT molecular complexity index is 1780. The largest absolute Gasteiger partial charge is 0.493 e. The molecule has 1 saturated carbocycles. The highest BCUT2D eigenvalue weighted by Crippen LogP contribution is 2.32. The van der Waals surface area contributed by atoms with E-state index in [9.17, 15) is 33.9 Å². The molecule has 2 heterocycles. The highest BCUT2D eigenvalue weighted by Gasteiger charge is 2.46. The van der Waals surface area contributed by atoms with E-state index in [1.54, 1.807) is 44.4 Å². The minimum absolute atomic E-state index is 0.0525. The zero-order valence-corrected chi connectivity index (χ0v) is 35.0. The van der Waals surface area contributed by atoms with E-state index in [0.29, 0.717) is 30.8 Å². The number of fused-ring (bicyclic) bond motifs is 4. The van der Waals surface area contributed by atoms with Crippen LogP contribution in [0.4, 0.5) is 0 Å². The minimum atomic E-state index is -1.74. The smallest absolute Gasteiger partial charge is 0.251 e. The molecule has 0 radical (unpaired) electrons. The number of nitrogens with zero attached hydrogens (tertiary/aromatic N) is 2. The van der Waals surface area contributed by atoms with Gasteiger partial charge in [-0.3, -0.25) is 28.8 Å². The van der Waals surface area contributed by atoms with E-state index in [4.69, 9.17) is 9.47 Å². The average Bonchev–Trinajstić information content (AvgIpc) is 3.63. The zero-order chi connectivity index (χ0) is 42.7. The molecule has 59 heavy (non-hydrogen) atoms. The summed E-state index contributed by atoms with van der Waals surface area (Å²) in [7, 11) is 3.15. The Labute approximate surface area is 347 Å². The molecule has 1 saturated heterocycles. The first-order valence-electron chi connectivity index (χ1n) is 21.0.